The van der Waals surface area contributed by atoms with Crippen molar-refractivity contribution in [3.05, 3.63) is 34.9 Å². The van der Waals surface area contributed by atoms with E-state index >= 15 is 0 Å². The number of carboxylic acid groups (broad SMARTS) is 1. The van der Waals surface area contributed by atoms with Crippen LogP contribution in [0, 0.1) is 13.8 Å². The fourth-order valence-corrected chi connectivity index (χ4v) is 1.85. The van der Waals surface area contributed by atoms with Crippen LogP contribution in [0.15, 0.2) is 18.2 Å². The number of amides is 1. The van der Waals surface area contributed by atoms with Gasteiger partial charge in [-0.3, -0.25) is 4.79 Å². The number of hydrogen-bond donors (Lipinski definition) is 1. The third-order valence-corrected chi connectivity index (χ3v) is 3.71. The van der Waals surface area contributed by atoms with Crippen molar-refractivity contribution >= 4 is 11.9 Å². The summed E-state index contributed by atoms with van der Waals surface area (Å²) in [6.07, 6.45) is 0.228. The first-order chi connectivity index (χ1) is 8.67. The van der Waals surface area contributed by atoms with E-state index < -0.39 is 11.5 Å². The number of nitrogens with zero attached hydrogens (tertiary/aromatic N) is 1. The Bertz CT molecular complexity index is 486. The monoisotopic (exact) mass is 263 g/mol. The van der Waals surface area contributed by atoms with E-state index in [0.29, 0.717) is 0 Å². The molecule has 0 aliphatic heterocycles. The molecule has 104 valence electrons. The minimum atomic E-state index is -1.20. The average molecular weight is 263 g/mol. The van der Waals surface area contributed by atoms with Crippen LogP contribution in [0.3, 0.4) is 0 Å². The van der Waals surface area contributed by atoms with E-state index in [-0.39, 0.29) is 12.3 Å². The number of hydrogen-bond acceptors (Lipinski definition) is 2. The summed E-state index contributed by atoms with van der Waals surface area (Å²) in [5.41, 5.74) is 1.87. The molecule has 0 fully saturated rings. The summed E-state index contributed by atoms with van der Waals surface area (Å²) in [5.74, 6) is -1.20. The number of carbonyl (C=O) groups excluding carboxylic acids is 1. The SMILES string of the molecule is Cc1cccc(C)c1CC(=O)N(C)C(C)(C)C(=O)O. The van der Waals surface area contributed by atoms with E-state index in [2.05, 4.69) is 0 Å². The van der Waals surface area contributed by atoms with Crippen LogP contribution in [-0.4, -0.2) is 34.5 Å². The Morgan fingerprint density at radius 3 is 2.11 bits per heavy atom. The van der Waals surface area contributed by atoms with Gasteiger partial charge in [0, 0.05) is 7.05 Å². The first-order valence-corrected chi connectivity index (χ1v) is 6.23. The lowest BCUT2D eigenvalue weighted by Crippen LogP contribution is -2.51. The molecule has 1 rings (SSSR count). The summed E-state index contributed by atoms with van der Waals surface area (Å²) in [7, 11) is 1.53. The maximum atomic E-state index is 12.2. The van der Waals surface area contributed by atoms with Crippen molar-refractivity contribution < 1.29 is 14.7 Å². The van der Waals surface area contributed by atoms with E-state index in [4.69, 9.17) is 5.11 Å². The van der Waals surface area contributed by atoms with Crippen molar-refractivity contribution in [2.75, 3.05) is 7.05 Å². The van der Waals surface area contributed by atoms with Gasteiger partial charge in [-0.25, -0.2) is 4.79 Å². The molecule has 0 spiro atoms. The van der Waals surface area contributed by atoms with Crippen molar-refractivity contribution in [2.45, 2.75) is 39.7 Å². The van der Waals surface area contributed by atoms with Gasteiger partial charge in [0.05, 0.1) is 6.42 Å². The third kappa shape index (κ3) is 3.13. The average Bonchev–Trinajstić information content (AvgIpc) is 2.32. The van der Waals surface area contributed by atoms with Crippen molar-refractivity contribution in [1.29, 1.82) is 0 Å². The Kier molecular flexibility index (Phi) is 4.35. The number of likely N-dealkylation sites (N-methyl/N-ethyl adjacent to an activating group) is 1. The highest BCUT2D eigenvalue weighted by molar-refractivity contribution is 5.87. The molecular formula is C15H21NO3. The predicted octanol–water partition coefficient (Wildman–Crippen LogP) is 2.17. The minimum absolute atomic E-state index is 0.190. The van der Waals surface area contributed by atoms with E-state index in [9.17, 15) is 9.59 Å². The van der Waals surface area contributed by atoms with Crippen LogP contribution >= 0.6 is 0 Å². The van der Waals surface area contributed by atoms with Crippen molar-refractivity contribution in [3.63, 3.8) is 0 Å². The number of aryl methyl sites for hydroxylation is 2. The van der Waals surface area contributed by atoms with Gasteiger partial charge >= 0.3 is 5.97 Å². The van der Waals surface area contributed by atoms with Crippen LogP contribution < -0.4 is 0 Å². The molecule has 0 unspecified atom stereocenters. The normalized spacial score (nSPS) is 11.2. The highest BCUT2D eigenvalue weighted by Gasteiger charge is 2.35. The molecule has 0 radical (unpaired) electrons. The molecule has 0 saturated carbocycles. The third-order valence-electron chi connectivity index (χ3n) is 3.71. The van der Waals surface area contributed by atoms with E-state index in [1.54, 1.807) is 0 Å². The minimum Gasteiger partial charge on any atom is -0.480 e. The Morgan fingerprint density at radius 1 is 1.21 bits per heavy atom. The van der Waals surface area contributed by atoms with Gasteiger partial charge in [-0.15, -0.1) is 0 Å². The lowest BCUT2D eigenvalue weighted by Gasteiger charge is -2.32. The van der Waals surface area contributed by atoms with Gasteiger partial charge in [-0.2, -0.15) is 0 Å². The van der Waals surface area contributed by atoms with Crippen LogP contribution in [0.4, 0.5) is 0 Å². The fourth-order valence-electron chi connectivity index (χ4n) is 1.85. The van der Waals surface area contributed by atoms with Gasteiger partial charge in [0.1, 0.15) is 5.54 Å². The zero-order valence-electron chi connectivity index (χ0n) is 12.2. The van der Waals surface area contributed by atoms with Gasteiger partial charge < -0.3 is 10.0 Å². The smallest absolute Gasteiger partial charge is 0.329 e. The maximum Gasteiger partial charge on any atom is 0.329 e. The van der Waals surface area contributed by atoms with E-state index in [1.165, 1.54) is 25.8 Å². The Balaban J connectivity index is 2.95. The molecule has 1 N–H and O–H groups in total. The number of aliphatic carboxylic acids is 1. The number of carboxylic acids is 1. The summed E-state index contributed by atoms with van der Waals surface area (Å²) < 4.78 is 0. The van der Waals surface area contributed by atoms with Crippen LogP contribution in [0.25, 0.3) is 0 Å². The molecule has 0 aliphatic carbocycles. The standard InChI is InChI=1S/C15H21NO3/c1-10-7-6-8-11(2)12(10)9-13(17)16(5)15(3,4)14(18)19/h6-8H,9H2,1-5H3,(H,18,19). The summed E-state index contributed by atoms with van der Waals surface area (Å²) in [5, 5.41) is 9.14. The molecule has 1 aromatic carbocycles. The van der Waals surface area contributed by atoms with Gasteiger partial charge in [0.2, 0.25) is 5.91 Å². The molecular weight excluding hydrogens is 242 g/mol. The largest absolute Gasteiger partial charge is 0.480 e. The van der Waals surface area contributed by atoms with E-state index in [1.807, 2.05) is 32.0 Å². The molecule has 19 heavy (non-hydrogen) atoms. The summed E-state index contributed by atoms with van der Waals surface area (Å²) in [4.78, 5) is 24.7. The molecule has 4 heteroatoms. The summed E-state index contributed by atoms with van der Waals surface area (Å²) >= 11 is 0. The van der Waals surface area contributed by atoms with Crippen molar-refractivity contribution in [1.82, 2.24) is 4.90 Å². The molecule has 0 bridgehead atoms. The second-order valence-electron chi connectivity index (χ2n) is 5.36. The van der Waals surface area contributed by atoms with Gasteiger partial charge in [0.25, 0.3) is 0 Å². The highest BCUT2D eigenvalue weighted by atomic mass is 16.4. The lowest BCUT2D eigenvalue weighted by molar-refractivity contribution is -0.155. The van der Waals surface area contributed by atoms with Crippen LogP contribution in [0.2, 0.25) is 0 Å². The summed E-state index contributed by atoms with van der Waals surface area (Å²) in [6, 6.07) is 5.86. The molecule has 0 aliphatic rings. The Hall–Kier alpha value is -1.84. The van der Waals surface area contributed by atoms with Gasteiger partial charge in [-0.05, 0) is 44.4 Å². The molecule has 0 heterocycles. The van der Waals surface area contributed by atoms with Crippen LogP contribution in [-0.2, 0) is 16.0 Å². The highest BCUT2D eigenvalue weighted by Crippen LogP contribution is 2.18. The van der Waals surface area contributed by atoms with Crippen molar-refractivity contribution in [2.24, 2.45) is 0 Å². The zero-order valence-corrected chi connectivity index (χ0v) is 12.2. The first-order valence-electron chi connectivity index (χ1n) is 6.23. The van der Waals surface area contributed by atoms with Crippen LogP contribution in [0.1, 0.15) is 30.5 Å². The molecule has 1 amide bonds. The van der Waals surface area contributed by atoms with Gasteiger partial charge in [0.15, 0.2) is 0 Å². The number of carbonyl (C=O) groups is 2. The fraction of sp³-hybridized carbons (Fsp3) is 0.467. The summed E-state index contributed by atoms with van der Waals surface area (Å²) in [6.45, 7) is 6.96. The molecule has 0 saturated heterocycles. The maximum absolute atomic E-state index is 12.2. The van der Waals surface area contributed by atoms with Crippen molar-refractivity contribution in [3.8, 4) is 0 Å². The Labute approximate surface area is 114 Å². The second kappa shape index (κ2) is 5.43. The molecule has 4 nitrogen and oxygen atoms in total. The predicted molar refractivity (Wildman–Crippen MR) is 74.1 cm³/mol. The zero-order chi connectivity index (χ0) is 14.8. The lowest BCUT2D eigenvalue weighted by atomic mass is 9.97. The van der Waals surface area contributed by atoms with Gasteiger partial charge in [-0.1, -0.05) is 18.2 Å². The Morgan fingerprint density at radius 2 is 1.68 bits per heavy atom. The quantitative estimate of drug-likeness (QED) is 0.905. The van der Waals surface area contributed by atoms with E-state index in [0.717, 1.165) is 16.7 Å². The first kappa shape index (κ1) is 15.2. The molecule has 0 atom stereocenters. The topological polar surface area (TPSA) is 57.6 Å². The number of rotatable bonds is 4. The molecule has 1 aromatic rings. The molecule has 0 aromatic heterocycles. The van der Waals surface area contributed by atoms with Crippen LogP contribution in [0.5, 0.6) is 0 Å². The second-order valence-corrected chi connectivity index (χ2v) is 5.36. The number of benzene rings is 1.